The van der Waals surface area contributed by atoms with E-state index >= 15 is 0 Å². The largest absolute Gasteiger partial charge is 0.493 e. The Morgan fingerprint density at radius 2 is 2.05 bits per heavy atom. The summed E-state index contributed by atoms with van der Waals surface area (Å²) in [5.74, 6) is 0.472. The van der Waals surface area contributed by atoms with Crippen LogP contribution in [-0.2, 0) is 9.59 Å². The number of carbonyl (C=O) groups excluding carboxylic acids is 2. The normalized spacial score (nSPS) is 17.2. The van der Waals surface area contributed by atoms with E-state index in [4.69, 9.17) is 10.5 Å². The van der Waals surface area contributed by atoms with Crippen LogP contribution in [0.15, 0.2) is 24.3 Å². The van der Waals surface area contributed by atoms with Gasteiger partial charge in [0, 0.05) is 18.8 Å². The summed E-state index contributed by atoms with van der Waals surface area (Å²) in [7, 11) is 0. The Bertz CT molecular complexity index is 525. The third-order valence-corrected chi connectivity index (χ3v) is 3.62. The Morgan fingerprint density at radius 3 is 2.71 bits per heavy atom. The molecule has 1 fully saturated rings. The molecule has 0 saturated carbocycles. The van der Waals surface area contributed by atoms with Crippen LogP contribution < -0.4 is 15.8 Å². The molecule has 1 aliphatic rings. The van der Waals surface area contributed by atoms with Crippen LogP contribution in [0.1, 0.15) is 20.3 Å². The van der Waals surface area contributed by atoms with Crippen LogP contribution in [0.2, 0.25) is 0 Å². The highest BCUT2D eigenvalue weighted by Crippen LogP contribution is 2.19. The fourth-order valence-electron chi connectivity index (χ4n) is 2.29. The van der Waals surface area contributed by atoms with Crippen LogP contribution in [0, 0.1) is 0 Å². The van der Waals surface area contributed by atoms with Gasteiger partial charge in [-0.3, -0.25) is 9.59 Å². The number of nitrogens with zero attached hydrogens (tertiary/aromatic N) is 1. The highest BCUT2D eigenvalue weighted by Gasteiger charge is 2.39. The summed E-state index contributed by atoms with van der Waals surface area (Å²) in [4.78, 5) is 25.7. The van der Waals surface area contributed by atoms with Crippen molar-refractivity contribution in [1.29, 1.82) is 0 Å². The first kappa shape index (κ1) is 15.2. The van der Waals surface area contributed by atoms with Crippen LogP contribution >= 0.6 is 0 Å². The second-order valence-electron chi connectivity index (χ2n) is 5.53. The van der Waals surface area contributed by atoms with Crippen molar-refractivity contribution in [3.05, 3.63) is 24.3 Å². The van der Waals surface area contributed by atoms with Crippen molar-refractivity contribution >= 4 is 17.5 Å². The van der Waals surface area contributed by atoms with Gasteiger partial charge >= 0.3 is 0 Å². The number of benzene rings is 1. The number of anilines is 1. The van der Waals surface area contributed by atoms with E-state index in [9.17, 15) is 9.59 Å². The quantitative estimate of drug-likeness (QED) is 0.803. The lowest BCUT2D eigenvalue weighted by molar-refractivity contribution is -0.149. The summed E-state index contributed by atoms with van der Waals surface area (Å²) >= 11 is 0. The highest BCUT2D eigenvalue weighted by atomic mass is 16.5. The van der Waals surface area contributed by atoms with Crippen LogP contribution in [0.25, 0.3) is 0 Å². The predicted octanol–water partition coefficient (Wildman–Crippen LogP) is 0.775. The molecule has 0 aliphatic carbocycles. The van der Waals surface area contributed by atoms with Crippen molar-refractivity contribution < 1.29 is 14.3 Å². The lowest BCUT2D eigenvalue weighted by atomic mass is 9.98. The standard InChI is InChI=1S/C15H21N3O3/c1-15(2)14(20)17-8-9-18(15)13(19)7-10-21-12-5-3-11(16)4-6-12/h3-6H,7-10,16H2,1-2H3,(H,17,20). The number of hydrogen-bond acceptors (Lipinski definition) is 4. The van der Waals surface area contributed by atoms with E-state index in [0.29, 0.717) is 24.5 Å². The number of nitrogens with two attached hydrogens (primary N) is 1. The van der Waals surface area contributed by atoms with Gasteiger partial charge in [0.2, 0.25) is 11.8 Å². The summed E-state index contributed by atoms with van der Waals surface area (Å²) in [5, 5.41) is 2.77. The molecular formula is C15H21N3O3. The monoisotopic (exact) mass is 291 g/mol. The van der Waals surface area contributed by atoms with Gasteiger partial charge in [-0.15, -0.1) is 0 Å². The molecule has 6 heteroatoms. The van der Waals surface area contributed by atoms with E-state index in [-0.39, 0.29) is 24.8 Å². The topological polar surface area (TPSA) is 84.7 Å². The maximum Gasteiger partial charge on any atom is 0.245 e. The smallest absolute Gasteiger partial charge is 0.245 e. The van der Waals surface area contributed by atoms with Gasteiger partial charge in [0.1, 0.15) is 11.3 Å². The number of rotatable bonds is 4. The van der Waals surface area contributed by atoms with Crippen molar-refractivity contribution in [1.82, 2.24) is 10.2 Å². The lowest BCUT2D eigenvalue weighted by Crippen LogP contribution is -2.63. The number of nitrogen functional groups attached to an aromatic ring is 1. The molecule has 114 valence electrons. The van der Waals surface area contributed by atoms with Gasteiger partial charge in [0.25, 0.3) is 0 Å². The van der Waals surface area contributed by atoms with E-state index in [2.05, 4.69) is 5.32 Å². The second-order valence-corrected chi connectivity index (χ2v) is 5.53. The van der Waals surface area contributed by atoms with Crippen LogP contribution in [-0.4, -0.2) is 41.9 Å². The van der Waals surface area contributed by atoms with E-state index in [1.807, 2.05) is 0 Å². The third-order valence-electron chi connectivity index (χ3n) is 3.62. The molecule has 2 rings (SSSR count). The maximum absolute atomic E-state index is 12.2. The first-order chi connectivity index (χ1) is 9.91. The summed E-state index contributed by atoms with van der Waals surface area (Å²) < 4.78 is 5.51. The van der Waals surface area contributed by atoms with Crippen LogP contribution in [0.5, 0.6) is 5.75 Å². The third kappa shape index (κ3) is 3.45. The van der Waals surface area contributed by atoms with Gasteiger partial charge in [-0.25, -0.2) is 0 Å². The molecule has 1 saturated heterocycles. The van der Waals surface area contributed by atoms with Gasteiger partial charge in [0.05, 0.1) is 13.0 Å². The average Bonchev–Trinajstić information content (AvgIpc) is 2.44. The minimum Gasteiger partial charge on any atom is -0.493 e. The minimum atomic E-state index is -0.809. The Morgan fingerprint density at radius 1 is 1.38 bits per heavy atom. The van der Waals surface area contributed by atoms with E-state index in [1.165, 1.54) is 0 Å². The first-order valence-electron chi connectivity index (χ1n) is 6.98. The molecule has 0 spiro atoms. The van der Waals surface area contributed by atoms with Gasteiger partial charge in [-0.05, 0) is 38.1 Å². The molecule has 2 amide bonds. The minimum absolute atomic E-state index is 0.0784. The Labute approximate surface area is 124 Å². The number of hydrogen-bond donors (Lipinski definition) is 2. The van der Waals surface area contributed by atoms with Crippen molar-refractivity contribution in [3.8, 4) is 5.75 Å². The summed E-state index contributed by atoms with van der Waals surface area (Å²) in [5.41, 5.74) is 5.45. The molecule has 6 nitrogen and oxygen atoms in total. The maximum atomic E-state index is 12.2. The van der Waals surface area contributed by atoms with Crippen molar-refractivity contribution in [2.75, 3.05) is 25.4 Å². The first-order valence-corrected chi connectivity index (χ1v) is 6.98. The number of piperazine rings is 1. The van der Waals surface area contributed by atoms with Gasteiger partial charge < -0.3 is 20.7 Å². The van der Waals surface area contributed by atoms with Gasteiger partial charge in [-0.1, -0.05) is 0 Å². The fourth-order valence-corrected chi connectivity index (χ4v) is 2.29. The SMILES string of the molecule is CC1(C)C(=O)NCCN1C(=O)CCOc1ccc(N)cc1. The molecule has 3 N–H and O–H groups in total. The molecule has 0 atom stereocenters. The molecule has 21 heavy (non-hydrogen) atoms. The van der Waals surface area contributed by atoms with Crippen LogP contribution in [0.3, 0.4) is 0 Å². The van der Waals surface area contributed by atoms with Crippen molar-refractivity contribution in [2.24, 2.45) is 0 Å². The fraction of sp³-hybridized carbons (Fsp3) is 0.467. The zero-order valence-corrected chi connectivity index (χ0v) is 12.4. The van der Waals surface area contributed by atoms with E-state index < -0.39 is 5.54 Å². The Hall–Kier alpha value is -2.24. The summed E-state index contributed by atoms with van der Waals surface area (Å²) in [6.07, 6.45) is 0.237. The number of ether oxygens (including phenoxy) is 1. The second kappa shape index (κ2) is 6.03. The number of nitrogens with one attached hydrogen (secondary N) is 1. The van der Waals surface area contributed by atoms with Crippen molar-refractivity contribution in [2.45, 2.75) is 25.8 Å². The molecule has 0 unspecified atom stereocenters. The molecule has 1 aliphatic heterocycles. The molecule has 0 aromatic heterocycles. The molecule has 1 heterocycles. The Balaban J connectivity index is 1.87. The summed E-state index contributed by atoms with van der Waals surface area (Å²) in [6.45, 7) is 4.80. The Kier molecular flexibility index (Phi) is 4.35. The molecular weight excluding hydrogens is 270 g/mol. The zero-order chi connectivity index (χ0) is 15.5. The van der Waals surface area contributed by atoms with E-state index in [1.54, 1.807) is 43.0 Å². The predicted molar refractivity (Wildman–Crippen MR) is 79.8 cm³/mol. The van der Waals surface area contributed by atoms with E-state index in [0.717, 1.165) is 0 Å². The molecule has 0 radical (unpaired) electrons. The van der Waals surface area contributed by atoms with Gasteiger partial charge in [0.15, 0.2) is 0 Å². The zero-order valence-electron chi connectivity index (χ0n) is 12.4. The molecule has 1 aromatic rings. The van der Waals surface area contributed by atoms with Gasteiger partial charge in [-0.2, -0.15) is 0 Å². The summed E-state index contributed by atoms with van der Waals surface area (Å²) in [6, 6.07) is 7.01. The highest BCUT2D eigenvalue weighted by molar-refractivity contribution is 5.91. The molecule has 1 aromatic carbocycles. The number of amides is 2. The average molecular weight is 291 g/mol. The number of carbonyl (C=O) groups is 2. The molecule has 0 bridgehead atoms. The lowest BCUT2D eigenvalue weighted by Gasteiger charge is -2.41. The van der Waals surface area contributed by atoms with Crippen LogP contribution in [0.4, 0.5) is 5.69 Å². The van der Waals surface area contributed by atoms with Crippen molar-refractivity contribution in [3.63, 3.8) is 0 Å².